The van der Waals surface area contributed by atoms with Gasteiger partial charge in [-0.2, -0.15) is 0 Å². The average molecular weight is 214 g/mol. The van der Waals surface area contributed by atoms with Crippen molar-refractivity contribution >= 4 is 15.4 Å². The predicted octanol–water partition coefficient (Wildman–Crippen LogP) is 3.34. The molecule has 0 aliphatic carbocycles. The van der Waals surface area contributed by atoms with E-state index in [2.05, 4.69) is 39.2 Å². The molecule has 0 aromatic rings. The van der Waals surface area contributed by atoms with Crippen molar-refractivity contribution in [2.75, 3.05) is 0 Å². The van der Waals surface area contributed by atoms with E-state index in [-0.39, 0.29) is 0 Å². The highest BCUT2D eigenvalue weighted by Crippen LogP contribution is 2.36. The van der Waals surface area contributed by atoms with Gasteiger partial charge >= 0.3 is 0 Å². The van der Waals surface area contributed by atoms with Gasteiger partial charge in [-0.3, -0.25) is 0 Å². The van der Waals surface area contributed by atoms with E-state index in [9.17, 15) is 0 Å². The van der Waals surface area contributed by atoms with E-state index in [0.717, 1.165) is 0 Å². The Morgan fingerprint density at radius 2 is 2.08 bits per heavy atom. The highest BCUT2D eigenvalue weighted by molar-refractivity contribution is 7.39. The summed E-state index contributed by atoms with van der Waals surface area (Å²) < 4.78 is 6.19. The molecule has 1 fully saturated rings. The molecule has 0 spiro atoms. The van der Waals surface area contributed by atoms with Crippen molar-refractivity contribution in [3.63, 3.8) is 0 Å². The Morgan fingerprint density at radius 3 is 2.54 bits per heavy atom. The van der Waals surface area contributed by atoms with Gasteiger partial charge in [-0.25, -0.2) is 0 Å². The van der Waals surface area contributed by atoms with Crippen LogP contribution < -0.4 is 0 Å². The third-order valence-corrected chi connectivity index (χ3v) is 20.6. The van der Waals surface area contributed by atoms with Crippen LogP contribution in [-0.2, 0) is 4.43 Å². The monoisotopic (exact) mass is 214 g/mol. The van der Waals surface area contributed by atoms with Gasteiger partial charge in [-0.05, 0) is 32.5 Å². The zero-order valence-electron chi connectivity index (χ0n) is 9.39. The fourth-order valence-electron chi connectivity index (χ4n) is 2.19. The summed E-state index contributed by atoms with van der Waals surface area (Å²) in [6.07, 6.45) is 3.89. The molecule has 1 rings (SSSR count). The minimum atomic E-state index is -1.36. The van der Waals surface area contributed by atoms with Gasteiger partial charge in [-0.1, -0.05) is 18.7 Å². The van der Waals surface area contributed by atoms with Gasteiger partial charge in [0.15, 0.2) is 7.83 Å². The smallest absolute Gasteiger partial charge is 0.174 e. The van der Waals surface area contributed by atoms with E-state index in [4.69, 9.17) is 4.43 Å². The summed E-state index contributed by atoms with van der Waals surface area (Å²) in [6.45, 7) is 13.4. The molecule has 0 aromatic heterocycles. The van der Waals surface area contributed by atoms with Gasteiger partial charge in [0, 0.05) is 6.10 Å². The summed E-state index contributed by atoms with van der Waals surface area (Å²) >= 11 is 0. The molecule has 13 heavy (non-hydrogen) atoms. The van der Waals surface area contributed by atoms with Crippen molar-refractivity contribution in [3.05, 3.63) is 12.7 Å². The second-order valence-electron chi connectivity index (χ2n) is 5.03. The minimum absolute atomic E-state index is 0.507. The van der Waals surface area contributed by atoms with E-state index in [1.807, 2.05) is 0 Å². The quantitative estimate of drug-likeness (QED) is 0.506. The summed E-state index contributed by atoms with van der Waals surface area (Å²) in [6, 6.07) is 2.69. The van der Waals surface area contributed by atoms with Crippen molar-refractivity contribution in [1.82, 2.24) is 0 Å². The molecule has 0 bridgehead atoms. The molecule has 0 amide bonds. The van der Waals surface area contributed by atoms with E-state index < -0.39 is 15.4 Å². The molecule has 1 aliphatic heterocycles. The van der Waals surface area contributed by atoms with Crippen LogP contribution in [0.1, 0.15) is 13.3 Å². The normalized spacial score (nSPS) is 38.6. The standard InChI is InChI=1S/C10H22OSi2/c1-6-8-13(5)9-7-10(2)11-12(13,3)4/h6,10H,1,7-9H2,2-5H3. The Bertz CT molecular complexity index is 203. The molecule has 2 unspecified atom stereocenters. The van der Waals surface area contributed by atoms with Gasteiger partial charge in [0.2, 0.25) is 0 Å². The Balaban J connectivity index is 2.79. The first-order chi connectivity index (χ1) is 5.91. The average Bonchev–Trinajstić information content (AvgIpc) is 1.98. The predicted molar refractivity (Wildman–Crippen MR) is 64.1 cm³/mol. The summed E-state index contributed by atoms with van der Waals surface area (Å²) in [5, 5.41) is 0. The molecule has 0 saturated carbocycles. The maximum absolute atomic E-state index is 6.19. The van der Waals surface area contributed by atoms with Crippen LogP contribution in [0.3, 0.4) is 0 Å². The first kappa shape index (κ1) is 11.2. The summed E-state index contributed by atoms with van der Waals surface area (Å²) in [5.41, 5.74) is 0. The van der Waals surface area contributed by atoms with Crippen molar-refractivity contribution in [3.8, 4) is 0 Å². The fourth-order valence-corrected chi connectivity index (χ4v) is 12.2. The second-order valence-corrected chi connectivity index (χ2v) is 19.6. The van der Waals surface area contributed by atoms with Crippen LogP contribution in [-0.4, -0.2) is 21.5 Å². The van der Waals surface area contributed by atoms with Crippen LogP contribution in [0, 0.1) is 0 Å². The summed E-state index contributed by atoms with van der Waals surface area (Å²) in [4.78, 5) is 0. The molecule has 2 atom stereocenters. The SMILES string of the molecule is C=CC[Si]1(C)CCC(C)O[Si]1(C)C. The first-order valence-corrected chi connectivity index (χ1v) is 12.0. The van der Waals surface area contributed by atoms with Crippen LogP contribution in [0.25, 0.3) is 0 Å². The molecule has 0 aromatic carbocycles. The fraction of sp³-hybridized carbons (Fsp3) is 0.800. The van der Waals surface area contributed by atoms with Crippen molar-refractivity contribution < 1.29 is 4.43 Å². The highest BCUT2D eigenvalue weighted by atomic mass is 29.3. The molecule has 0 radical (unpaired) electrons. The molecule has 1 nitrogen and oxygen atoms in total. The van der Waals surface area contributed by atoms with Crippen LogP contribution in [0.2, 0.25) is 31.7 Å². The zero-order chi connectivity index (χ0) is 10.1. The lowest BCUT2D eigenvalue weighted by Gasteiger charge is -2.46. The zero-order valence-corrected chi connectivity index (χ0v) is 11.4. The van der Waals surface area contributed by atoms with E-state index >= 15 is 0 Å². The molecule has 3 heteroatoms. The van der Waals surface area contributed by atoms with E-state index in [1.54, 1.807) is 0 Å². The van der Waals surface area contributed by atoms with E-state index in [0.29, 0.717) is 6.10 Å². The topological polar surface area (TPSA) is 9.23 Å². The van der Waals surface area contributed by atoms with Crippen molar-refractivity contribution in [2.24, 2.45) is 0 Å². The molecule has 1 saturated heterocycles. The van der Waals surface area contributed by atoms with Crippen LogP contribution in [0.15, 0.2) is 12.7 Å². The molecular formula is C10H22OSi2. The van der Waals surface area contributed by atoms with Gasteiger partial charge in [-0.15, -0.1) is 6.58 Å². The van der Waals surface area contributed by atoms with Crippen LogP contribution in [0.5, 0.6) is 0 Å². The number of rotatable bonds is 2. The van der Waals surface area contributed by atoms with Gasteiger partial charge in [0.1, 0.15) is 0 Å². The molecule has 1 aliphatic rings. The second kappa shape index (κ2) is 3.71. The third-order valence-electron chi connectivity index (χ3n) is 3.65. The lowest BCUT2D eigenvalue weighted by Crippen LogP contribution is -2.62. The summed E-state index contributed by atoms with van der Waals surface area (Å²) in [7, 11) is -2.47. The number of hydrogen-bond acceptors (Lipinski definition) is 1. The lowest BCUT2D eigenvalue weighted by molar-refractivity contribution is 0.206. The van der Waals surface area contributed by atoms with E-state index in [1.165, 1.54) is 18.5 Å². The highest BCUT2D eigenvalue weighted by Gasteiger charge is 2.49. The molecule has 76 valence electrons. The third kappa shape index (κ3) is 2.14. The molecule has 0 N–H and O–H groups in total. The Kier molecular flexibility index (Phi) is 3.20. The Morgan fingerprint density at radius 1 is 1.46 bits per heavy atom. The maximum atomic E-state index is 6.19. The first-order valence-electron chi connectivity index (χ1n) is 5.20. The molecule has 1 heterocycles. The summed E-state index contributed by atoms with van der Waals surface area (Å²) in [5.74, 6) is 0. The van der Waals surface area contributed by atoms with Gasteiger partial charge in [0.25, 0.3) is 0 Å². The largest absolute Gasteiger partial charge is 0.417 e. The van der Waals surface area contributed by atoms with Crippen LogP contribution >= 0.6 is 0 Å². The number of hydrogen-bond donors (Lipinski definition) is 0. The molecular weight excluding hydrogens is 192 g/mol. The van der Waals surface area contributed by atoms with Gasteiger partial charge in [0.05, 0.1) is 7.59 Å². The minimum Gasteiger partial charge on any atom is -0.417 e. The van der Waals surface area contributed by atoms with Crippen molar-refractivity contribution in [2.45, 2.75) is 51.2 Å². The maximum Gasteiger partial charge on any atom is 0.174 e. The van der Waals surface area contributed by atoms with Crippen LogP contribution in [0.4, 0.5) is 0 Å². The number of allylic oxidation sites excluding steroid dienone is 1. The Hall–Kier alpha value is 0.134. The lowest BCUT2D eigenvalue weighted by atomic mass is 10.3. The van der Waals surface area contributed by atoms with Gasteiger partial charge < -0.3 is 4.43 Å². The Labute approximate surface area is 84.1 Å². The van der Waals surface area contributed by atoms with Crippen molar-refractivity contribution in [1.29, 1.82) is 0 Å².